The summed E-state index contributed by atoms with van der Waals surface area (Å²) in [6, 6.07) is 7.80. The van der Waals surface area contributed by atoms with E-state index in [0.717, 1.165) is 28.1 Å². The van der Waals surface area contributed by atoms with Gasteiger partial charge in [-0.3, -0.25) is 4.98 Å². The maximum Gasteiger partial charge on any atom is 0.146 e. The van der Waals surface area contributed by atoms with E-state index in [-0.39, 0.29) is 6.04 Å². The van der Waals surface area contributed by atoms with Crippen LogP contribution in [0.25, 0.3) is 0 Å². The van der Waals surface area contributed by atoms with Crippen molar-refractivity contribution in [2.24, 2.45) is 0 Å². The highest BCUT2D eigenvalue weighted by Gasteiger charge is 2.17. The van der Waals surface area contributed by atoms with Gasteiger partial charge in [0.25, 0.3) is 0 Å². The van der Waals surface area contributed by atoms with Crippen LogP contribution >= 0.6 is 15.9 Å². The van der Waals surface area contributed by atoms with Crippen LogP contribution in [-0.2, 0) is 0 Å². The number of hydrogen-bond donors (Lipinski definition) is 1. The normalized spacial score (nSPS) is 12.0. The molecule has 4 nitrogen and oxygen atoms in total. The van der Waals surface area contributed by atoms with Crippen LogP contribution < -0.4 is 14.8 Å². The van der Waals surface area contributed by atoms with Gasteiger partial charge in [-0.15, -0.1) is 0 Å². The fourth-order valence-corrected chi connectivity index (χ4v) is 2.54. The van der Waals surface area contributed by atoms with E-state index in [4.69, 9.17) is 9.47 Å². The van der Waals surface area contributed by atoms with Crippen LogP contribution in [0.3, 0.4) is 0 Å². The topological polar surface area (TPSA) is 43.4 Å². The van der Waals surface area contributed by atoms with Crippen molar-refractivity contribution < 1.29 is 9.47 Å². The summed E-state index contributed by atoms with van der Waals surface area (Å²) in [7, 11) is 1.67. The summed E-state index contributed by atoms with van der Waals surface area (Å²) in [6.45, 7) is 5.04. The van der Waals surface area contributed by atoms with Gasteiger partial charge in [0.05, 0.1) is 18.9 Å². The summed E-state index contributed by atoms with van der Waals surface area (Å²) in [5.74, 6) is 2.26. The number of methoxy groups -OCH3 is 1. The SMILES string of the molecule is CCNC(C)c1c(OC)cccc1Oc1cncc(Br)c1. The highest BCUT2D eigenvalue weighted by molar-refractivity contribution is 9.10. The molecule has 0 spiro atoms. The summed E-state index contributed by atoms with van der Waals surface area (Å²) in [5.41, 5.74) is 1.00. The Labute approximate surface area is 133 Å². The van der Waals surface area contributed by atoms with Gasteiger partial charge < -0.3 is 14.8 Å². The number of ether oxygens (including phenoxy) is 2. The summed E-state index contributed by atoms with van der Waals surface area (Å²) in [4.78, 5) is 4.12. The van der Waals surface area contributed by atoms with Crippen LogP contribution in [0.4, 0.5) is 0 Å². The van der Waals surface area contributed by atoms with E-state index in [1.54, 1.807) is 19.5 Å². The second-order valence-electron chi connectivity index (χ2n) is 4.59. The molecule has 2 rings (SSSR count). The fourth-order valence-electron chi connectivity index (χ4n) is 2.20. The van der Waals surface area contributed by atoms with E-state index in [9.17, 15) is 0 Å². The molecule has 1 atom stereocenters. The van der Waals surface area contributed by atoms with Gasteiger partial charge in [-0.1, -0.05) is 13.0 Å². The molecule has 21 heavy (non-hydrogen) atoms. The molecule has 0 fully saturated rings. The first kappa shape index (κ1) is 15.8. The van der Waals surface area contributed by atoms with Crippen molar-refractivity contribution in [3.8, 4) is 17.2 Å². The van der Waals surface area contributed by atoms with Gasteiger partial charge in [0, 0.05) is 16.7 Å². The van der Waals surface area contributed by atoms with Crippen LogP contribution in [0, 0.1) is 0 Å². The molecule has 1 aromatic heterocycles. The first-order valence-electron chi connectivity index (χ1n) is 6.84. The molecule has 1 N–H and O–H groups in total. The van der Waals surface area contributed by atoms with Gasteiger partial charge in [0.1, 0.15) is 17.2 Å². The van der Waals surface area contributed by atoms with E-state index in [0.29, 0.717) is 5.75 Å². The molecule has 1 heterocycles. The zero-order valence-corrected chi connectivity index (χ0v) is 14.0. The summed E-state index contributed by atoms with van der Waals surface area (Å²) in [5, 5.41) is 3.39. The van der Waals surface area contributed by atoms with Crippen molar-refractivity contribution in [2.45, 2.75) is 19.9 Å². The van der Waals surface area contributed by atoms with Crippen LogP contribution in [0.2, 0.25) is 0 Å². The Hall–Kier alpha value is -1.59. The molecular formula is C16H19BrN2O2. The van der Waals surface area contributed by atoms with Crippen molar-refractivity contribution in [1.29, 1.82) is 0 Å². The minimum atomic E-state index is 0.126. The van der Waals surface area contributed by atoms with Gasteiger partial charge in [0.15, 0.2) is 0 Å². The molecule has 5 heteroatoms. The maximum atomic E-state index is 5.99. The first-order valence-corrected chi connectivity index (χ1v) is 7.63. The highest BCUT2D eigenvalue weighted by Crippen LogP contribution is 2.36. The molecule has 0 saturated heterocycles. The van der Waals surface area contributed by atoms with Gasteiger partial charge >= 0.3 is 0 Å². The van der Waals surface area contributed by atoms with E-state index >= 15 is 0 Å². The average molecular weight is 351 g/mol. The Bertz CT molecular complexity index is 605. The van der Waals surface area contributed by atoms with Gasteiger partial charge in [-0.05, 0) is 47.6 Å². The molecule has 0 saturated carbocycles. The Kier molecular flexibility index (Phi) is 5.59. The molecule has 1 aromatic carbocycles. The smallest absolute Gasteiger partial charge is 0.146 e. The third kappa shape index (κ3) is 3.95. The lowest BCUT2D eigenvalue weighted by Crippen LogP contribution is -2.19. The zero-order valence-electron chi connectivity index (χ0n) is 12.4. The second-order valence-corrected chi connectivity index (χ2v) is 5.51. The second kappa shape index (κ2) is 7.43. The summed E-state index contributed by atoms with van der Waals surface area (Å²) >= 11 is 3.40. The average Bonchev–Trinajstić information content (AvgIpc) is 2.47. The van der Waals surface area contributed by atoms with Crippen molar-refractivity contribution in [3.63, 3.8) is 0 Å². The van der Waals surface area contributed by atoms with Crippen LogP contribution in [-0.4, -0.2) is 18.6 Å². The van der Waals surface area contributed by atoms with Crippen molar-refractivity contribution in [1.82, 2.24) is 10.3 Å². The molecule has 0 amide bonds. The van der Waals surface area contributed by atoms with Crippen molar-refractivity contribution in [3.05, 3.63) is 46.7 Å². The quantitative estimate of drug-likeness (QED) is 0.842. The monoisotopic (exact) mass is 350 g/mol. The lowest BCUT2D eigenvalue weighted by atomic mass is 10.1. The van der Waals surface area contributed by atoms with Crippen molar-refractivity contribution in [2.75, 3.05) is 13.7 Å². The summed E-state index contributed by atoms with van der Waals surface area (Å²) < 4.78 is 12.3. The lowest BCUT2D eigenvalue weighted by molar-refractivity contribution is 0.391. The maximum absolute atomic E-state index is 5.99. The number of pyridine rings is 1. The third-order valence-corrected chi connectivity index (χ3v) is 3.53. The number of hydrogen-bond acceptors (Lipinski definition) is 4. The van der Waals surface area contributed by atoms with Crippen LogP contribution in [0.5, 0.6) is 17.2 Å². The number of halogens is 1. The Morgan fingerprint density at radius 1 is 1.29 bits per heavy atom. The van der Waals surface area contributed by atoms with Crippen LogP contribution in [0.15, 0.2) is 41.1 Å². The molecular weight excluding hydrogens is 332 g/mol. The third-order valence-electron chi connectivity index (χ3n) is 3.10. The molecule has 0 aliphatic carbocycles. The minimum Gasteiger partial charge on any atom is -0.496 e. The Morgan fingerprint density at radius 2 is 2.05 bits per heavy atom. The zero-order chi connectivity index (χ0) is 15.2. The first-order chi connectivity index (χ1) is 10.2. The standard InChI is InChI=1S/C16H19BrN2O2/c1-4-19-11(2)16-14(20-3)6-5-7-15(16)21-13-8-12(17)9-18-10-13/h5-11,19H,4H2,1-3H3. The molecule has 2 aromatic rings. The number of benzene rings is 1. The molecule has 0 aliphatic heterocycles. The minimum absolute atomic E-state index is 0.126. The predicted molar refractivity (Wildman–Crippen MR) is 87.1 cm³/mol. The Morgan fingerprint density at radius 3 is 2.71 bits per heavy atom. The van der Waals surface area contributed by atoms with Gasteiger partial charge in [-0.2, -0.15) is 0 Å². The largest absolute Gasteiger partial charge is 0.496 e. The molecule has 0 bridgehead atoms. The number of rotatable bonds is 6. The highest BCUT2D eigenvalue weighted by atomic mass is 79.9. The van der Waals surface area contributed by atoms with Crippen LogP contribution in [0.1, 0.15) is 25.5 Å². The predicted octanol–water partition coefficient (Wildman–Crippen LogP) is 4.32. The molecule has 0 radical (unpaired) electrons. The van der Waals surface area contributed by atoms with E-state index in [1.807, 2.05) is 24.3 Å². The fraction of sp³-hybridized carbons (Fsp3) is 0.312. The molecule has 1 unspecified atom stereocenters. The molecule has 112 valence electrons. The number of nitrogens with zero attached hydrogens (tertiary/aromatic N) is 1. The number of nitrogens with one attached hydrogen (secondary N) is 1. The number of aromatic nitrogens is 1. The van der Waals surface area contributed by atoms with E-state index in [1.165, 1.54) is 0 Å². The van der Waals surface area contributed by atoms with Gasteiger partial charge in [-0.25, -0.2) is 0 Å². The Balaban J connectivity index is 2.38. The lowest BCUT2D eigenvalue weighted by Gasteiger charge is -2.20. The van der Waals surface area contributed by atoms with E-state index in [2.05, 4.69) is 40.1 Å². The summed E-state index contributed by atoms with van der Waals surface area (Å²) in [6.07, 6.45) is 3.41. The molecule has 0 aliphatic rings. The van der Waals surface area contributed by atoms with E-state index < -0.39 is 0 Å². The van der Waals surface area contributed by atoms with Gasteiger partial charge in [0.2, 0.25) is 0 Å². The van der Waals surface area contributed by atoms with Crippen molar-refractivity contribution >= 4 is 15.9 Å².